The minimum Gasteiger partial charge on any atom is -0.369 e. The van der Waals surface area contributed by atoms with E-state index in [9.17, 15) is 4.79 Å². The van der Waals surface area contributed by atoms with Crippen LogP contribution < -0.4 is 15.5 Å². The van der Waals surface area contributed by atoms with Crippen molar-refractivity contribution in [1.29, 1.82) is 0 Å². The van der Waals surface area contributed by atoms with Crippen molar-refractivity contribution in [2.24, 2.45) is 0 Å². The van der Waals surface area contributed by atoms with Gasteiger partial charge in [0, 0.05) is 16.7 Å². The fourth-order valence-electron chi connectivity index (χ4n) is 2.87. The van der Waals surface area contributed by atoms with Crippen LogP contribution in [-0.4, -0.2) is 24.1 Å². The van der Waals surface area contributed by atoms with Gasteiger partial charge in [0.15, 0.2) is 5.11 Å². The molecule has 0 radical (unpaired) electrons. The quantitative estimate of drug-likeness (QED) is 0.425. The predicted octanol–water partition coefficient (Wildman–Crippen LogP) is 5.33. The maximum Gasteiger partial charge on any atom is 0.258 e. The highest BCUT2D eigenvalue weighted by molar-refractivity contribution is 14.1. The summed E-state index contributed by atoms with van der Waals surface area (Å²) in [6.45, 7) is 1.91. The second-order valence-electron chi connectivity index (χ2n) is 5.86. The van der Waals surface area contributed by atoms with E-state index in [1.807, 2.05) is 24.3 Å². The third-order valence-electron chi connectivity index (χ3n) is 4.06. The molecule has 1 saturated heterocycles. The fourth-order valence-corrected chi connectivity index (χ4v) is 4.07. The van der Waals surface area contributed by atoms with E-state index < -0.39 is 0 Å². The van der Waals surface area contributed by atoms with Crippen LogP contribution in [0.4, 0.5) is 11.4 Å². The highest BCUT2D eigenvalue weighted by Gasteiger charge is 2.20. The molecular formula is C18H16Cl2IN3OS. The van der Waals surface area contributed by atoms with Gasteiger partial charge >= 0.3 is 0 Å². The van der Waals surface area contributed by atoms with E-state index in [1.54, 1.807) is 12.1 Å². The van der Waals surface area contributed by atoms with Crippen molar-refractivity contribution in [3.05, 3.63) is 55.6 Å². The minimum atomic E-state index is -0.351. The third-order valence-corrected chi connectivity index (χ3v) is 5.57. The third kappa shape index (κ3) is 4.60. The van der Waals surface area contributed by atoms with Crippen LogP contribution in [0.3, 0.4) is 0 Å². The Morgan fingerprint density at radius 1 is 1.12 bits per heavy atom. The topological polar surface area (TPSA) is 44.4 Å². The smallest absolute Gasteiger partial charge is 0.258 e. The molecule has 1 amide bonds. The van der Waals surface area contributed by atoms with E-state index in [-0.39, 0.29) is 11.0 Å². The Kier molecular flexibility index (Phi) is 6.60. The zero-order chi connectivity index (χ0) is 18.7. The molecule has 26 heavy (non-hydrogen) atoms. The molecule has 8 heteroatoms. The first-order valence-electron chi connectivity index (χ1n) is 8.06. The summed E-state index contributed by atoms with van der Waals surface area (Å²) < 4.78 is 0.919. The molecule has 2 aromatic carbocycles. The lowest BCUT2D eigenvalue weighted by Gasteiger charge is -2.23. The number of nitrogens with zero attached hydrogens (tertiary/aromatic N) is 1. The number of hydrogen-bond acceptors (Lipinski definition) is 3. The van der Waals surface area contributed by atoms with Crippen molar-refractivity contribution in [3.63, 3.8) is 0 Å². The monoisotopic (exact) mass is 519 g/mol. The average molecular weight is 520 g/mol. The normalized spacial score (nSPS) is 13.6. The van der Waals surface area contributed by atoms with Gasteiger partial charge in [-0.2, -0.15) is 0 Å². The van der Waals surface area contributed by atoms with E-state index in [0.717, 1.165) is 40.9 Å². The number of amides is 1. The molecule has 1 fully saturated rings. The summed E-state index contributed by atoms with van der Waals surface area (Å²) in [5, 5.41) is 7.01. The Balaban J connectivity index is 1.75. The first-order valence-corrected chi connectivity index (χ1v) is 10.3. The second kappa shape index (κ2) is 8.73. The number of anilines is 2. The number of benzene rings is 2. The van der Waals surface area contributed by atoms with Gasteiger partial charge in [0.05, 0.1) is 27.0 Å². The first kappa shape index (κ1) is 19.7. The van der Waals surface area contributed by atoms with Crippen LogP contribution in [0.25, 0.3) is 0 Å². The lowest BCUT2D eigenvalue weighted by Crippen LogP contribution is -2.35. The lowest BCUT2D eigenvalue weighted by molar-refractivity contribution is 0.0978. The molecule has 0 unspecified atom stereocenters. The zero-order valence-corrected chi connectivity index (χ0v) is 18.2. The number of rotatable bonds is 3. The Morgan fingerprint density at radius 3 is 2.58 bits per heavy atom. The van der Waals surface area contributed by atoms with Crippen LogP contribution in [-0.2, 0) is 0 Å². The van der Waals surface area contributed by atoms with Crippen molar-refractivity contribution in [1.82, 2.24) is 5.32 Å². The molecule has 4 nitrogen and oxygen atoms in total. The highest BCUT2D eigenvalue weighted by Crippen LogP contribution is 2.35. The standard InChI is InChI=1S/C18H16Cl2IN3OS/c19-13-7-6-11(21)10-12(13)17(25)23-18(26)22-15-5-3-4-14(20)16(15)24-8-1-2-9-24/h3-7,10H,1-2,8-9H2,(H2,22,23,25,26). The van der Waals surface area contributed by atoms with E-state index in [0.29, 0.717) is 15.6 Å². The Hall–Kier alpha value is -1.09. The summed E-state index contributed by atoms with van der Waals surface area (Å²) in [6.07, 6.45) is 2.27. The molecular weight excluding hydrogens is 504 g/mol. The van der Waals surface area contributed by atoms with Gasteiger partial charge in [0.25, 0.3) is 5.91 Å². The summed E-state index contributed by atoms with van der Waals surface area (Å²) in [7, 11) is 0. The molecule has 0 aliphatic carbocycles. The number of nitrogens with one attached hydrogen (secondary N) is 2. The molecule has 2 aromatic rings. The number of carbonyl (C=O) groups excluding carboxylic acids is 1. The largest absolute Gasteiger partial charge is 0.369 e. The number of hydrogen-bond donors (Lipinski definition) is 2. The Labute approximate surface area is 181 Å². The SMILES string of the molecule is O=C(NC(=S)Nc1cccc(Cl)c1N1CCCC1)c1cc(I)ccc1Cl. The lowest BCUT2D eigenvalue weighted by atomic mass is 10.2. The Morgan fingerprint density at radius 2 is 1.85 bits per heavy atom. The molecule has 136 valence electrons. The van der Waals surface area contributed by atoms with Crippen LogP contribution >= 0.6 is 58.0 Å². The number of carbonyl (C=O) groups is 1. The second-order valence-corrected chi connectivity index (χ2v) is 8.33. The number of thiocarbonyl (C=S) groups is 1. The van der Waals surface area contributed by atoms with Crippen molar-refractivity contribution in [2.75, 3.05) is 23.3 Å². The van der Waals surface area contributed by atoms with E-state index in [1.165, 1.54) is 0 Å². The summed E-state index contributed by atoms with van der Waals surface area (Å²) in [6, 6.07) is 10.9. The molecule has 2 N–H and O–H groups in total. The van der Waals surface area contributed by atoms with Gasteiger partial charge in [-0.3, -0.25) is 10.1 Å². The van der Waals surface area contributed by atoms with E-state index >= 15 is 0 Å². The summed E-state index contributed by atoms with van der Waals surface area (Å²) in [4.78, 5) is 14.7. The molecule has 0 spiro atoms. The van der Waals surface area contributed by atoms with Crippen molar-refractivity contribution in [2.45, 2.75) is 12.8 Å². The van der Waals surface area contributed by atoms with Crippen molar-refractivity contribution in [3.8, 4) is 0 Å². The summed E-state index contributed by atoms with van der Waals surface area (Å²) in [5.74, 6) is -0.351. The highest BCUT2D eigenvalue weighted by atomic mass is 127. The fraction of sp³-hybridized carbons (Fsp3) is 0.222. The van der Waals surface area contributed by atoms with Gasteiger partial charge in [-0.1, -0.05) is 29.3 Å². The number of halogens is 3. The predicted molar refractivity (Wildman–Crippen MR) is 121 cm³/mol. The maximum atomic E-state index is 12.5. The van der Waals surface area contributed by atoms with Crippen molar-refractivity contribution < 1.29 is 4.79 Å². The van der Waals surface area contributed by atoms with Crippen LogP contribution in [0.2, 0.25) is 10.0 Å². The Bertz CT molecular complexity index is 856. The maximum absolute atomic E-state index is 12.5. The molecule has 0 saturated carbocycles. The minimum absolute atomic E-state index is 0.202. The summed E-state index contributed by atoms with van der Waals surface area (Å²) >= 11 is 20.0. The van der Waals surface area contributed by atoms with Gasteiger partial charge < -0.3 is 10.2 Å². The zero-order valence-electron chi connectivity index (χ0n) is 13.7. The molecule has 0 atom stereocenters. The van der Waals surface area contributed by atoms with Gasteiger partial charge in [-0.15, -0.1) is 0 Å². The van der Waals surface area contributed by atoms with E-state index in [4.69, 9.17) is 35.4 Å². The molecule has 1 aliphatic heterocycles. The molecule has 0 bridgehead atoms. The molecule has 0 aromatic heterocycles. The van der Waals surface area contributed by atoms with Crippen LogP contribution in [0.15, 0.2) is 36.4 Å². The van der Waals surface area contributed by atoms with Gasteiger partial charge in [0.1, 0.15) is 0 Å². The van der Waals surface area contributed by atoms with Gasteiger partial charge in [-0.05, 0) is 78.0 Å². The van der Waals surface area contributed by atoms with Crippen molar-refractivity contribution >= 4 is 80.4 Å². The van der Waals surface area contributed by atoms with Gasteiger partial charge in [-0.25, -0.2) is 0 Å². The van der Waals surface area contributed by atoms with Crippen LogP contribution in [0, 0.1) is 3.57 Å². The molecule has 3 rings (SSSR count). The summed E-state index contributed by atoms with van der Waals surface area (Å²) in [5.41, 5.74) is 2.07. The molecule has 1 heterocycles. The van der Waals surface area contributed by atoms with Crippen LogP contribution in [0.1, 0.15) is 23.2 Å². The molecule has 1 aliphatic rings. The van der Waals surface area contributed by atoms with Gasteiger partial charge in [0.2, 0.25) is 0 Å². The van der Waals surface area contributed by atoms with Crippen LogP contribution in [0.5, 0.6) is 0 Å². The average Bonchev–Trinajstić information content (AvgIpc) is 3.11. The van der Waals surface area contributed by atoms with E-state index in [2.05, 4.69) is 38.1 Å². The number of para-hydroxylation sites is 1. The first-order chi connectivity index (χ1) is 12.5.